The maximum absolute atomic E-state index is 10.0. The summed E-state index contributed by atoms with van der Waals surface area (Å²) in [5, 5.41) is 13.2. The number of anilines is 1. The topological polar surface area (TPSA) is 52.5 Å². The summed E-state index contributed by atoms with van der Waals surface area (Å²) in [5.74, 6) is 1.04. The van der Waals surface area contributed by atoms with Gasteiger partial charge in [-0.15, -0.1) is 17.9 Å². The van der Waals surface area contributed by atoms with Gasteiger partial charge in [0, 0.05) is 32.7 Å². The van der Waals surface area contributed by atoms with Gasteiger partial charge in [-0.25, -0.2) is 9.97 Å². The lowest BCUT2D eigenvalue weighted by atomic mass is 10.1. The maximum atomic E-state index is 10.0. The Labute approximate surface area is 134 Å². The molecule has 0 amide bonds. The van der Waals surface area contributed by atoms with Crippen molar-refractivity contribution in [3.8, 4) is 0 Å². The first-order chi connectivity index (χ1) is 10.8. The van der Waals surface area contributed by atoms with E-state index in [9.17, 15) is 5.11 Å². The third kappa shape index (κ3) is 3.45. The lowest BCUT2D eigenvalue weighted by Gasteiger charge is -2.36. The summed E-state index contributed by atoms with van der Waals surface area (Å²) in [6, 6.07) is 2.10. The highest BCUT2D eigenvalue weighted by atomic mass is 32.1. The highest BCUT2D eigenvalue weighted by Gasteiger charge is 2.21. The van der Waals surface area contributed by atoms with Gasteiger partial charge in [-0.3, -0.25) is 4.90 Å². The van der Waals surface area contributed by atoms with Crippen LogP contribution in [0.3, 0.4) is 0 Å². The van der Waals surface area contributed by atoms with Crippen LogP contribution in [0, 0.1) is 0 Å². The number of aliphatic hydroxyl groups is 1. The molecule has 22 heavy (non-hydrogen) atoms. The summed E-state index contributed by atoms with van der Waals surface area (Å²) in [5.41, 5.74) is 0. The zero-order valence-electron chi connectivity index (χ0n) is 12.7. The van der Waals surface area contributed by atoms with Crippen LogP contribution in [-0.2, 0) is 0 Å². The first-order valence-electron chi connectivity index (χ1n) is 7.72. The van der Waals surface area contributed by atoms with Crippen LogP contribution in [0.15, 0.2) is 30.4 Å². The Bertz CT molecular complexity index is 621. The number of rotatable bonds is 6. The van der Waals surface area contributed by atoms with Crippen LogP contribution in [0.4, 0.5) is 5.82 Å². The number of nitrogens with zero attached hydrogens (tertiary/aromatic N) is 4. The SMILES string of the molecule is C=CCCC(O)CN1CCN(c2ncnc3sccc23)CC1. The van der Waals surface area contributed by atoms with Gasteiger partial charge < -0.3 is 10.0 Å². The van der Waals surface area contributed by atoms with E-state index in [0.29, 0.717) is 0 Å². The van der Waals surface area contributed by atoms with Crippen molar-refractivity contribution in [3.63, 3.8) is 0 Å². The zero-order chi connectivity index (χ0) is 15.4. The van der Waals surface area contributed by atoms with E-state index in [0.717, 1.165) is 61.6 Å². The van der Waals surface area contributed by atoms with Crippen LogP contribution in [0.25, 0.3) is 10.2 Å². The standard InChI is InChI=1S/C16H22N4OS/c1-2-3-4-13(21)11-19-6-8-20(9-7-19)15-14-5-10-22-16(14)18-12-17-15/h2,5,10,12-13,21H,1,3-4,6-9,11H2. The molecule has 1 unspecified atom stereocenters. The van der Waals surface area contributed by atoms with Crippen LogP contribution < -0.4 is 4.90 Å². The minimum absolute atomic E-state index is 0.257. The average Bonchev–Trinajstić information content (AvgIpc) is 3.02. The van der Waals surface area contributed by atoms with E-state index in [-0.39, 0.29) is 6.10 Å². The smallest absolute Gasteiger partial charge is 0.140 e. The molecule has 3 rings (SSSR count). The van der Waals surface area contributed by atoms with Crippen molar-refractivity contribution in [3.05, 3.63) is 30.4 Å². The van der Waals surface area contributed by atoms with Crippen LogP contribution in [-0.4, -0.2) is 58.8 Å². The number of aliphatic hydroxyl groups excluding tert-OH is 1. The molecule has 5 nitrogen and oxygen atoms in total. The first kappa shape index (κ1) is 15.4. The van der Waals surface area contributed by atoms with Gasteiger partial charge in [0.25, 0.3) is 0 Å². The minimum atomic E-state index is -0.257. The van der Waals surface area contributed by atoms with Crippen molar-refractivity contribution in [2.24, 2.45) is 0 Å². The molecule has 1 N–H and O–H groups in total. The van der Waals surface area contributed by atoms with Crippen molar-refractivity contribution in [2.75, 3.05) is 37.6 Å². The summed E-state index contributed by atoms with van der Waals surface area (Å²) in [4.78, 5) is 14.5. The molecule has 1 saturated heterocycles. The zero-order valence-corrected chi connectivity index (χ0v) is 13.5. The highest BCUT2D eigenvalue weighted by Crippen LogP contribution is 2.27. The predicted molar refractivity (Wildman–Crippen MR) is 91.5 cm³/mol. The largest absolute Gasteiger partial charge is 0.392 e. The Morgan fingerprint density at radius 1 is 1.32 bits per heavy atom. The molecule has 0 aromatic carbocycles. The number of aromatic nitrogens is 2. The second-order valence-electron chi connectivity index (χ2n) is 5.64. The fourth-order valence-electron chi connectivity index (χ4n) is 2.87. The molecule has 0 bridgehead atoms. The maximum Gasteiger partial charge on any atom is 0.140 e. The Balaban J connectivity index is 1.57. The second-order valence-corrected chi connectivity index (χ2v) is 6.54. The number of β-amino-alcohol motifs (C(OH)–C–C–N with tert-alkyl or cyclic N) is 1. The molecule has 118 valence electrons. The number of allylic oxidation sites excluding steroid dienone is 1. The van der Waals surface area contributed by atoms with E-state index in [1.165, 1.54) is 0 Å². The fourth-order valence-corrected chi connectivity index (χ4v) is 3.60. The van der Waals surface area contributed by atoms with Crippen molar-refractivity contribution < 1.29 is 5.11 Å². The quantitative estimate of drug-likeness (QED) is 0.827. The summed E-state index contributed by atoms with van der Waals surface area (Å²) < 4.78 is 0. The van der Waals surface area contributed by atoms with Crippen LogP contribution in [0.1, 0.15) is 12.8 Å². The van der Waals surface area contributed by atoms with Crippen molar-refractivity contribution in [1.29, 1.82) is 0 Å². The van der Waals surface area contributed by atoms with E-state index in [1.54, 1.807) is 17.7 Å². The van der Waals surface area contributed by atoms with E-state index >= 15 is 0 Å². The minimum Gasteiger partial charge on any atom is -0.392 e. The molecule has 3 heterocycles. The first-order valence-corrected chi connectivity index (χ1v) is 8.60. The molecule has 1 aliphatic rings. The van der Waals surface area contributed by atoms with E-state index in [4.69, 9.17) is 0 Å². The lowest BCUT2D eigenvalue weighted by molar-refractivity contribution is 0.103. The van der Waals surface area contributed by atoms with Crippen LogP contribution >= 0.6 is 11.3 Å². The molecule has 2 aromatic rings. The Morgan fingerprint density at radius 3 is 2.91 bits per heavy atom. The molecule has 0 radical (unpaired) electrons. The van der Waals surface area contributed by atoms with Gasteiger partial charge in [0.1, 0.15) is 17.0 Å². The van der Waals surface area contributed by atoms with E-state index in [1.807, 2.05) is 6.08 Å². The van der Waals surface area contributed by atoms with Gasteiger partial charge in [-0.1, -0.05) is 6.08 Å². The molecule has 1 atom stereocenters. The molecule has 0 aliphatic carbocycles. The summed E-state index contributed by atoms with van der Waals surface area (Å²) in [6.45, 7) is 8.25. The highest BCUT2D eigenvalue weighted by molar-refractivity contribution is 7.16. The third-order valence-electron chi connectivity index (χ3n) is 4.09. The second kappa shape index (κ2) is 7.17. The van der Waals surface area contributed by atoms with Crippen molar-refractivity contribution >= 4 is 27.4 Å². The molecular formula is C16H22N4OS. The van der Waals surface area contributed by atoms with Crippen molar-refractivity contribution in [1.82, 2.24) is 14.9 Å². The van der Waals surface area contributed by atoms with Gasteiger partial charge in [0.15, 0.2) is 0 Å². The van der Waals surface area contributed by atoms with Gasteiger partial charge in [0.2, 0.25) is 0 Å². The molecule has 6 heteroatoms. The van der Waals surface area contributed by atoms with Crippen LogP contribution in [0.2, 0.25) is 0 Å². The van der Waals surface area contributed by atoms with Gasteiger partial charge >= 0.3 is 0 Å². The Hall–Kier alpha value is -1.50. The number of piperazine rings is 1. The number of thiophene rings is 1. The molecule has 1 fully saturated rings. The fraction of sp³-hybridized carbons (Fsp3) is 0.500. The lowest BCUT2D eigenvalue weighted by Crippen LogP contribution is -2.48. The normalized spacial score (nSPS) is 17.8. The third-order valence-corrected chi connectivity index (χ3v) is 4.91. The molecule has 0 spiro atoms. The number of hydrogen-bond acceptors (Lipinski definition) is 6. The summed E-state index contributed by atoms with van der Waals surface area (Å²) in [7, 11) is 0. The summed E-state index contributed by atoms with van der Waals surface area (Å²) >= 11 is 1.65. The molecular weight excluding hydrogens is 296 g/mol. The van der Waals surface area contributed by atoms with E-state index < -0.39 is 0 Å². The van der Waals surface area contributed by atoms with Crippen molar-refractivity contribution in [2.45, 2.75) is 18.9 Å². The van der Waals surface area contributed by atoms with Gasteiger partial charge in [-0.2, -0.15) is 0 Å². The van der Waals surface area contributed by atoms with Gasteiger partial charge in [-0.05, 0) is 24.3 Å². The average molecular weight is 318 g/mol. The molecule has 1 aliphatic heterocycles. The number of hydrogen-bond donors (Lipinski definition) is 1. The van der Waals surface area contributed by atoms with E-state index in [2.05, 4.69) is 37.8 Å². The number of fused-ring (bicyclic) bond motifs is 1. The monoisotopic (exact) mass is 318 g/mol. The molecule has 2 aromatic heterocycles. The predicted octanol–water partition coefficient (Wildman–Crippen LogP) is 2.14. The van der Waals surface area contributed by atoms with Crippen LogP contribution in [0.5, 0.6) is 0 Å². The van der Waals surface area contributed by atoms with Gasteiger partial charge in [0.05, 0.1) is 11.5 Å². The summed E-state index contributed by atoms with van der Waals surface area (Å²) in [6.07, 6.45) is 4.93. The Kier molecular flexibility index (Phi) is 5.02. The Morgan fingerprint density at radius 2 is 2.14 bits per heavy atom. The molecule has 0 saturated carbocycles.